The van der Waals surface area contributed by atoms with Gasteiger partial charge in [0.25, 0.3) is 0 Å². The summed E-state index contributed by atoms with van der Waals surface area (Å²) >= 11 is 1.26. The van der Waals surface area contributed by atoms with E-state index in [1.807, 2.05) is 19.2 Å². The molecule has 0 aromatic carbocycles. The standard InChI is InChI=1S/C10H14N6S/c1-16(6-8-2-4-12-5-3-8)7-9-10(13-11)17-15-14-9/h2-5,13H,6-7,11H2,1H3. The lowest BCUT2D eigenvalue weighted by Crippen LogP contribution is -2.19. The lowest BCUT2D eigenvalue weighted by Gasteiger charge is -2.15. The average Bonchev–Trinajstić information content (AvgIpc) is 2.77. The molecule has 2 aromatic rings. The number of hydrogen-bond acceptors (Lipinski definition) is 7. The van der Waals surface area contributed by atoms with Crippen LogP contribution in [0.1, 0.15) is 11.3 Å². The number of hydrogen-bond donors (Lipinski definition) is 2. The summed E-state index contributed by atoms with van der Waals surface area (Å²) in [5, 5.41) is 4.85. The smallest absolute Gasteiger partial charge is 0.148 e. The second-order valence-corrected chi connectivity index (χ2v) is 4.47. The molecule has 0 saturated heterocycles. The van der Waals surface area contributed by atoms with Crippen molar-refractivity contribution in [3.63, 3.8) is 0 Å². The maximum atomic E-state index is 5.38. The molecule has 6 nitrogen and oxygen atoms in total. The van der Waals surface area contributed by atoms with Crippen LogP contribution in [0.5, 0.6) is 0 Å². The van der Waals surface area contributed by atoms with Gasteiger partial charge in [-0.1, -0.05) is 4.49 Å². The molecule has 0 atom stereocenters. The molecular weight excluding hydrogens is 236 g/mol. The van der Waals surface area contributed by atoms with Crippen molar-refractivity contribution in [3.8, 4) is 0 Å². The number of hydrazine groups is 1. The first-order valence-electron chi connectivity index (χ1n) is 5.15. The largest absolute Gasteiger partial charge is 0.313 e. The minimum absolute atomic E-state index is 0.707. The molecule has 0 aliphatic heterocycles. The summed E-state index contributed by atoms with van der Waals surface area (Å²) in [6.07, 6.45) is 3.58. The summed E-state index contributed by atoms with van der Waals surface area (Å²) in [5.41, 5.74) is 4.69. The summed E-state index contributed by atoms with van der Waals surface area (Å²) in [6, 6.07) is 4.00. The van der Waals surface area contributed by atoms with Gasteiger partial charge in [0.2, 0.25) is 0 Å². The van der Waals surface area contributed by atoms with E-state index in [9.17, 15) is 0 Å². The molecule has 0 radical (unpaired) electrons. The zero-order valence-electron chi connectivity index (χ0n) is 9.50. The highest BCUT2D eigenvalue weighted by Gasteiger charge is 2.09. The van der Waals surface area contributed by atoms with E-state index >= 15 is 0 Å². The van der Waals surface area contributed by atoms with Crippen LogP contribution < -0.4 is 11.3 Å². The van der Waals surface area contributed by atoms with Gasteiger partial charge in [-0.2, -0.15) is 0 Å². The van der Waals surface area contributed by atoms with E-state index in [0.717, 1.165) is 17.2 Å². The minimum atomic E-state index is 0.707. The van der Waals surface area contributed by atoms with Gasteiger partial charge in [-0.25, -0.2) is 5.84 Å². The predicted octanol–water partition coefficient (Wildman–Crippen LogP) is 0.851. The van der Waals surface area contributed by atoms with Crippen molar-refractivity contribution < 1.29 is 0 Å². The van der Waals surface area contributed by atoms with E-state index in [-0.39, 0.29) is 0 Å². The van der Waals surface area contributed by atoms with Crippen molar-refractivity contribution >= 4 is 16.5 Å². The van der Waals surface area contributed by atoms with Crippen molar-refractivity contribution in [2.24, 2.45) is 5.84 Å². The SMILES string of the molecule is CN(Cc1ccncc1)Cc1nnsc1NN. The van der Waals surface area contributed by atoms with Gasteiger partial charge >= 0.3 is 0 Å². The Hall–Kier alpha value is -1.57. The molecule has 90 valence electrons. The quantitative estimate of drug-likeness (QED) is 0.605. The third-order valence-electron chi connectivity index (χ3n) is 2.31. The molecule has 2 heterocycles. The lowest BCUT2D eigenvalue weighted by atomic mass is 10.2. The third-order valence-corrected chi connectivity index (χ3v) is 3.01. The molecule has 0 aliphatic rings. The van der Waals surface area contributed by atoms with Gasteiger partial charge in [0.05, 0.1) is 0 Å². The van der Waals surface area contributed by atoms with Gasteiger partial charge < -0.3 is 5.43 Å². The lowest BCUT2D eigenvalue weighted by molar-refractivity contribution is 0.315. The number of nitrogens with zero attached hydrogens (tertiary/aromatic N) is 4. The van der Waals surface area contributed by atoms with E-state index in [1.54, 1.807) is 12.4 Å². The average molecular weight is 250 g/mol. The number of aromatic nitrogens is 3. The Morgan fingerprint density at radius 2 is 2.12 bits per heavy atom. The summed E-state index contributed by atoms with van der Waals surface area (Å²) in [6.45, 7) is 1.54. The van der Waals surface area contributed by atoms with Gasteiger partial charge in [0.15, 0.2) is 0 Å². The van der Waals surface area contributed by atoms with Gasteiger partial charge in [-0.3, -0.25) is 9.88 Å². The van der Waals surface area contributed by atoms with Crippen molar-refractivity contribution in [3.05, 3.63) is 35.8 Å². The van der Waals surface area contributed by atoms with Crippen LogP contribution in [0.15, 0.2) is 24.5 Å². The van der Waals surface area contributed by atoms with E-state index in [0.29, 0.717) is 6.54 Å². The highest BCUT2D eigenvalue weighted by Crippen LogP contribution is 2.17. The molecular formula is C10H14N6S. The molecule has 7 heteroatoms. The van der Waals surface area contributed by atoms with Crippen LogP contribution in [0.25, 0.3) is 0 Å². The Kier molecular flexibility index (Phi) is 3.97. The van der Waals surface area contributed by atoms with E-state index in [4.69, 9.17) is 5.84 Å². The third kappa shape index (κ3) is 3.19. The van der Waals surface area contributed by atoms with Crippen molar-refractivity contribution in [2.45, 2.75) is 13.1 Å². The first-order chi connectivity index (χ1) is 8.29. The summed E-state index contributed by atoms with van der Waals surface area (Å²) < 4.78 is 3.87. The van der Waals surface area contributed by atoms with Crippen LogP contribution in [0, 0.1) is 0 Å². The highest BCUT2D eigenvalue weighted by atomic mass is 32.1. The molecule has 2 rings (SSSR count). The Morgan fingerprint density at radius 3 is 2.82 bits per heavy atom. The van der Waals surface area contributed by atoms with Crippen LogP contribution in [-0.4, -0.2) is 26.5 Å². The van der Waals surface area contributed by atoms with Crippen LogP contribution in [0.2, 0.25) is 0 Å². The van der Waals surface area contributed by atoms with Gasteiger partial charge in [0.1, 0.15) is 10.7 Å². The molecule has 3 N–H and O–H groups in total. The highest BCUT2D eigenvalue weighted by molar-refractivity contribution is 7.10. The Morgan fingerprint density at radius 1 is 1.35 bits per heavy atom. The van der Waals surface area contributed by atoms with Crippen LogP contribution in [0.3, 0.4) is 0 Å². The second kappa shape index (κ2) is 5.67. The minimum Gasteiger partial charge on any atom is -0.313 e. The first kappa shape index (κ1) is 11.9. The predicted molar refractivity (Wildman–Crippen MR) is 67.1 cm³/mol. The number of pyridine rings is 1. The zero-order valence-corrected chi connectivity index (χ0v) is 10.3. The molecule has 0 bridgehead atoms. The topological polar surface area (TPSA) is 80.0 Å². The van der Waals surface area contributed by atoms with Gasteiger partial charge in [-0.05, 0) is 24.7 Å². The number of nitrogens with two attached hydrogens (primary N) is 1. The second-order valence-electron chi connectivity index (χ2n) is 3.72. The van der Waals surface area contributed by atoms with Crippen LogP contribution in [-0.2, 0) is 13.1 Å². The van der Waals surface area contributed by atoms with Gasteiger partial charge in [0, 0.05) is 37.0 Å². The first-order valence-corrected chi connectivity index (χ1v) is 5.92. The monoisotopic (exact) mass is 250 g/mol. The number of nitrogens with one attached hydrogen (secondary N) is 1. The molecule has 0 unspecified atom stereocenters. The van der Waals surface area contributed by atoms with Crippen molar-refractivity contribution in [1.82, 2.24) is 19.5 Å². The molecule has 0 aliphatic carbocycles. The molecule has 0 spiro atoms. The normalized spacial score (nSPS) is 10.8. The maximum Gasteiger partial charge on any atom is 0.148 e. The fraction of sp³-hybridized carbons (Fsp3) is 0.300. The Bertz CT molecular complexity index is 457. The van der Waals surface area contributed by atoms with Gasteiger partial charge in [-0.15, -0.1) is 5.10 Å². The van der Waals surface area contributed by atoms with Crippen LogP contribution >= 0.6 is 11.5 Å². The number of rotatable bonds is 5. The van der Waals surface area contributed by atoms with E-state index in [1.165, 1.54) is 17.1 Å². The molecule has 0 fully saturated rings. The number of nitrogen functional groups attached to an aromatic ring is 1. The van der Waals surface area contributed by atoms with Crippen LogP contribution in [0.4, 0.5) is 5.00 Å². The summed E-state index contributed by atoms with van der Waals surface area (Å²) in [5.74, 6) is 5.38. The molecule has 0 saturated carbocycles. The number of anilines is 1. The fourth-order valence-electron chi connectivity index (χ4n) is 1.53. The van der Waals surface area contributed by atoms with Crippen molar-refractivity contribution in [1.29, 1.82) is 0 Å². The zero-order chi connectivity index (χ0) is 12.1. The Balaban J connectivity index is 1.96. The molecule has 2 aromatic heterocycles. The fourth-order valence-corrected chi connectivity index (χ4v) is 2.02. The summed E-state index contributed by atoms with van der Waals surface area (Å²) in [4.78, 5) is 6.14. The van der Waals surface area contributed by atoms with E-state index in [2.05, 4.69) is 24.9 Å². The summed E-state index contributed by atoms with van der Waals surface area (Å²) in [7, 11) is 2.03. The maximum absolute atomic E-state index is 5.38. The van der Waals surface area contributed by atoms with E-state index < -0.39 is 0 Å². The molecule has 17 heavy (non-hydrogen) atoms. The molecule has 0 amide bonds. The Labute approximate surface area is 104 Å². The van der Waals surface area contributed by atoms with Crippen molar-refractivity contribution in [2.75, 3.05) is 12.5 Å².